The van der Waals surface area contributed by atoms with Crippen molar-refractivity contribution in [2.45, 2.75) is 0 Å². The van der Waals surface area contributed by atoms with Gasteiger partial charge in [0.2, 0.25) is 0 Å². The van der Waals surface area contributed by atoms with Gasteiger partial charge in [-0.3, -0.25) is 0 Å². The van der Waals surface area contributed by atoms with Gasteiger partial charge >= 0.3 is 108 Å². The Kier molecular flexibility index (Phi) is 28.8. The molecule has 0 unspecified atom stereocenters. The molecule has 0 aliphatic carbocycles. The van der Waals surface area contributed by atoms with E-state index in [-0.39, 0.29) is 81.1 Å². The van der Waals surface area contributed by atoms with Gasteiger partial charge in [-0.1, -0.05) is 0 Å². The molecule has 0 amide bonds. The molecule has 0 bridgehead atoms. The third-order valence-electron chi connectivity index (χ3n) is 0. The minimum atomic E-state index is -3.79. The molecule has 0 aromatic carbocycles. The van der Waals surface area contributed by atoms with Gasteiger partial charge in [-0.25, -0.2) is 0 Å². The molecule has 0 fully saturated rings. The third kappa shape index (κ3) is 28.4. The Labute approximate surface area is 105 Å². The monoisotopic (exact) mass is 327 g/mol. The Bertz CT molecular complexity index is 33.8. The van der Waals surface area contributed by atoms with Crippen LogP contribution in [0.5, 0.6) is 0 Å². The van der Waals surface area contributed by atoms with E-state index in [0.29, 0.717) is 0 Å². The van der Waals surface area contributed by atoms with Gasteiger partial charge in [0, 0.05) is 0 Å². The van der Waals surface area contributed by atoms with Gasteiger partial charge in [-0.2, -0.15) is 0 Å². The maximum Gasteiger partial charge on any atom is 2.00 e. The summed E-state index contributed by atoms with van der Waals surface area (Å²) in [6, 6.07) is 0. The normalized spacial score (nSPS) is 5.83. The zero-order chi connectivity index (χ0) is 3.58. The number of rotatable bonds is 0. The molecule has 0 N–H and O–H groups in total. The molecule has 0 aromatic heterocycles. The Balaban J connectivity index is -0.0000000450. The van der Waals surface area contributed by atoms with Crippen LogP contribution in [-0.4, -0.2) is 45.5 Å². The van der Waals surface area contributed by atoms with E-state index < -0.39 is 14.8 Å². The van der Waals surface area contributed by atoms with Crippen LogP contribution >= 0.6 is 0 Å². The van der Waals surface area contributed by atoms with E-state index in [9.17, 15) is 0 Å². The molecular formula is CrLaO3Sr+3. The predicted molar refractivity (Wildman–Crippen MR) is 6.44 cm³/mol. The molecule has 0 saturated heterocycles. The molecular weight excluding hydrogens is 327 g/mol. The fourth-order valence-corrected chi connectivity index (χ4v) is 0. The molecule has 6 heteroatoms. The summed E-state index contributed by atoms with van der Waals surface area (Å²) in [6.07, 6.45) is 0. The SMILES string of the molecule is [La+3].[O]=[Cr]([O-])[O-].[Sr+2]. The van der Waals surface area contributed by atoms with Crippen molar-refractivity contribution in [3.05, 3.63) is 0 Å². The van der Waals surface area contributed by atoms with Crippen LogP contribution in [-0.2, 0) is 18.6 Å². The van der Waals surface area contributed by atoms with Crippen molar-refractivity contribution < 1.29 is 62.5 Å². The maximum atomic E-state index is 8.54. The zero-order valence-electron chi connectivity index (χ0n) is 2.92. The van der Waals surface area contributed by atoms with Crippen LogP contribution in [0.15, 0.2) is 0 Å². The largest absolute Gasteiger partial charge is 2.00 e. The fraction of sp³-hybridized carbons (Fsp3) is 0. The van der Waals surface area contributed by atoms with E-state index in [2.05, 4.69) is 0 Å². The van der Waals surface area contributed by atoms with Crippen molar-refractivity contribution in [1.29, 1.82) is 0 Å². The van der Waals surface area contributed by atoms with E-state index in [1.54, 1.807) is 0 Å². The minimum Gasteiger partial charge on any atom is 2.00 e. The van der Waals surface area contributed by atoms with Gasteiger partial charge in [0.1, 0.15) is 0 Å². The molecule has 0 saturated carbocycles. The zero-order valence-corrected chi connectivity index (χ0v) is 11.3. The standard InChI is InChI=1S/Cr.La.3O.Sr/q;+3;;2*-1;+2. The van der Waals surface area contributed by atoms with Gasteiger partial charge in [0.05, 0.1) is 0 Å². The molecule has 0 aliphatic heterocycles. The van der Waals surface area contributed by atoms with E-state index in [0.717, 1.165) is 0 Å². The van der Waals surface area contributed by atoms with Gasteiger partial charge in [0.15, 0.2) is 0 Å². The predicted octanol–water partition coefficient (Wildman–Crippen LogP) is -2.88. The Morgan fingerprint density at radius 2 is 1.33 bits per heavy atom. The second-order valence-corrected chi connectivity index (χ2v) is 0.842. The van der Waals surface area contributed by atoms with Gasteiger partial charge in [-0.05, 0) is 0 Å². The average molecular weight is 327 g/mol. The molecule has 3 nitrogen and oxygen atoms in total. The molecule has 0 spiro atoms. The first-order valence-corrected chi connectivity index (χ1v) is 2.06. The quantitative estimate of drug-likeness (QED) is 0.449. The third-order valence-corrected chi connectivity index (χ3v) is 0. The minimum absolute atomic E-state index is 0. The van der Waals surface area contributed by atoms with E-state index in [4.69, 9.17) is 12.1 Å². The molecule has 26 valence electrons. The Hall–Kier alpha value is 2.93. The fourth-order valence-electron chi connectivity index (χ4n) is 0. The van der Waals surface area contributed by atoms with Gasteiger partial charge in [-0.15, -0.1) is 0 Å². The molecule has 0 atom stereocenters. The first-order valence-electron chi connectivity index (χ1n) is 0.500. The van der Waals surface area contributed by atoms with Gasteiger partial charge < -0.3 is 0 Å². The number of hydrogen-bond donors (Lipinski definition) is 0. The van der Waals surface area contributed by atoms with Crippen molar-refractivity contribution >= 4 is 45.5 Å². The summed E-state index contributed by atoms with van der Waals surface area (Å²) in [7, 11) is 0. The molecule has 0 aliphatic rings. The van der Waals surface area contributed by atoms with Crippen LogP contribution in [0, 0.1) is 35.6 Å². The summed E-state index contributed by atoms with van der Waals surface area (Å²) in [5.41, 5.74) is 0. The average Bonchev–Trinajstić information content (AvgIpc) is 0.811. The first-order chi connectivity index (χ1) is 1.73. The summed E-state index contributed by atoms with van der Waals surface area (Å²) in [5, 5.41) is 0. The summed E-state index contributed by atoms with van der Waals surface area (Å²) >= 11 is -3.79. The van der Waals surface area contributed by atoms with Crippen LogP contribution in [0.2, 0.25) is 0 Å². The number of hydrogen-bond acceptors (Lipinski definition) is 3. The van der Waals surface area contributed by atoms with E-state index in [1.165, 1.54) is 0 Å². The van der Waals surface area contributed by atoms with Crippen LogP contribution in [0.1, 0.15) is 0 Å². The summed E-state index contributed by atoms with van der Waals surface area (Å²) in [6.45, 7) is 0. The maximum absolute atomic E-state index is 8.54. The summed E-state index contributed by atoms with van der Waals surface area (Å²) in [5.74, 6) is 0. The summed E-state index contributed by atoms with van der Waals surface area (Å²) < 4.78 is 25.6. The molecule has 0 rings (SSSR count). The molecule has 0 aromatic rings. The van der Waals surface area contributed by atoms with Crippen molar-refractivity contribution in [1.82, 2.24) is 0 Å². The molecule has 6 heavy (non-hydrogen) atoms. The van der Waals surface area contributed by atoms with Crippen LogP contribution < -0.4 is 8.32 Å². The second-order valence-electron chi connectivity index (χ2n) is 0.204. The van der Waals surface area contributed by atoms with Crippen LogP contribution in [0.3, 0.4) is 0 Å². The van der Waals surface area contributed by atoms with Crippen molar-refractivity contribution in [3.8, 4) is 0 Å². The smallest absolute Gasteiger partial charge is 2.00 e. The second kappa shape index (κ2) is 10.8. The van der Waals surface area contributed by atoms with E-state index in [1.807, 2.05) is 0 Å². The van der Waals surface area contributed by atoms with E-state index >= 15 is 0 Å². The summed E-state index contributed by atoms with van der Waals surface area (Å²) in [4.78, 5) is 0. The van der Waals surface area contributed by atoms with Crippen LogP contribution in [0.4, 0.5) is 0 Å². The van der Waals surface area contributed by atoms with Crippen molar-refractivity contribution in [2.24, 2.45) is 0 Å². The molecule has 0 radical (unpaired) electrons. The van der Waals surface area contributed by atoms with Crippen LogP contribution in [0.25, 0.3) is 0 Å². The Morgan fingerprint density at radius 1 is 1.33 bits per heavy atom. The van der Waals surface area contributed by atoms with Crippen molar-refractivity contribution in [3.63, 3.8) is 0 Å². The Morgan fingerprint density at radius 3 is 1.33 bits per heavy atom. The first kappa shape index (κ1) is 16.0. The van der Waals surface area contributed by atoms with Gasteiger partial charge in [0.25, 0.3) is 0 Å². The topological polar surface area (TPSA) is 63.2 Å². The molecule has 0 heterocycles. The van der Waals surface area contributed by atoms with Crippen molar-refractivity contribution in [2.75, 3.05) is 0 Å².